The molecule has 0 spiro atoms. The van der Waals surface area contributed by atoms with Crippen LogP contribution in [-0.2, 0) is 0 Å². The van der Waals surface area contributed by atoms with E-state index in [1.165, 1.54) is 0 Å². The molecule has 3 nitrogen and oxygen atoms in total. The van der Waals surface area contributed by atoms with Crippen LogP contribution in [0.5, 0.6) is 0 Å². The van der Waals surface area contributed by atoms with Gasteiger partial charge in [0.15, 0.2) is 0 Å². The van der Waals surface area contributed by atoms with Crippen molar-refractivity contribution in [3.63, 3.8) is 0 Å². The van der Waals surface area contributed by atoms with Crippen LogP contribution in [0, 0.1) is 0 Å². The maximum Gasteiger partial charge on any atom is 0.109 e. The lowest BCUT2D eigenvalue weighted by atomic mass is 9.75. The summed E-state index contributed by atoms with van der Waals surface area (Å²) in [6.45, 7) is 9.07. The van der Waals surface area contributed by atoms with Crippen LogP contribution in [0.4, 0.5) is 0 Å². The molecule has 0 amide bonds. The molecule has 1 saturated heterocycles. The molecule has 1 aromatic rings. The number of imidazole rings is 1. The van der Waals surface area contributed by atoms with Crippen molar-refractivity contribution in [3.8, 4) is 0 Å². The van der Waals surface area contributed by atoms with Crippen molar-refractivity contribution in [3.05, 3.63) is 18.2 Å². The van der Waals surface area contributed by atoms with Gasteiger partial charge in [-0.2, -0.15) is 0 Å². The van der Waals surface area contributed by atoms with Gasteiger partial charge >= 0.3 is 0 Å². The first-order valence-electron chi connectivity index (χ1n) is 5.67. The number of nitrogens with zero attached hydrogens (tertiary/aromatic N) is 1. The van der Waals surface area contributed by atoms with Crippen LogP contribution in [0.15, 0.2) is 12.4 Å². The zero-order valence-corrected chi connectivity index (χ0v) is 10.1. The monoisotopic (exact) mass is 207 g/mol. The molecular formula is C12H21N3. The van der Waals surface area contributed by atoms with Gasteiger partial charge in [0, 0.05) is 29.4 Å². The smallest absolute Gasteiger partial charge is 0.109 e. The van der Waals surface area contributed by atoms with E-state index < -0.39 is 0 Å². The van der Waals surface area contributed by atoms with Crippen molar-refractivity contribution in [2.24, 2.45) is 0 Å². The first-order chi connectivity index (χ1) is 6.88. The van der Waals surface area contributed by atoms with Gasteiger partial charge in [0.2, 0.25) is 0 Å². The summed E-state index contributed by atoms with van der Waals surface area (Å²) >= 11 is 0. The zero-order valence-electron chi connectivity index (χ0n) is 10.1. The minimum Gasteiger partial charge on any atom is -0.348 e. The number of hydrogen-bond acceptors (Lipinski definition) is 2. The first-order valence-corrected chi connectivity index (χ1v) is 5.67. The van der Waals surface area contributed by atoms with E-state index >= 15 is 0 Å². The highest BCUT2D eigenvalue weighted by atomic mass is 15.1. The molecular weight excluding hydrogens is 186 g/mol. The Balaban J connectivity index is 2.21. The second kappa shape index (κ2) is 3.34. The molecule has 0 atom stereocenters. The van der Waals surface area contributed by atoms with Crippen molar-refractivity contribution in [1.82, 2.24) is 15.3 Å². The Morgan fingerprint density at radius 3 is 2.27 bits per heavy atom. The summed E-state index contributed by atoms with van der Waals surface area (Å²) in [5.74, 6) is 1.68. The highest BCUT2D eigenvalue weighted by Crippen LogP contribution is 2.37. The van der Waals surface area contributed by atoms with Gasteiger partial charge in [-0.1, -0.05) is 0 Å². The Kier molecular flexibility index (Phi) is 2.38. The molecule has 1 fully saturated rings. The van der Waals surface area contributed by atoms with Gasteiger partial charge in [0.05, 0.1) is 0 Å². The molecule has 0 aromatic carbocycles. The molecule has 0 aliphatic carbocycles. The van der Waals surface area contributed by atoms with E-state index in [4.69, 9.17) is 0 Å². The molecule has 0 radical (unpaired) electrons. The minimum atomic E-state index is 0.194. The van der Waals surface area contributed by atoms with Crippen LogP contribution in [0.2, 0.25) is 0 Å². The molecule has 0 saturated carbocycles. The molecule has 2 heterocycles. The van der Waals surface area contributed by atoms with Crippen molar-refractivity contribution < 1.29 is 0 Å². The van der Waals surface area contributed by atoms with Crippen LogP contribution in [-0.4, -0.2) is 21.0 Å². The van der Waals surface area contributed by atoms with Crippen LogP contribution in [0.1, 0.15) is 52.3 Å². The Morgan fingerprint density at radius 1 is 1.20 bits per heavy atom. The van der Waals surface area contributed by atoms with E-state index in [-0.39, 0.29) is 11.1 Å². The summed E-state index contributed by atoms with van der Waals surface area (Å²) in [5, 5.41) is 3.68. The van der Waals surface area contributed by atoms with E-state index in [1.807, 2.05) is 12.4 Å². The molecule has 1 aliphatic heterocycles. The minimum absolute atomic E-state index is 0.194. The number of aromatic nitrogens is 2. The summed E-state index contributed by atoms with van der Waals surface area (Å²) in [5.41, 5.74) is 0.387. The highest BCUT2D eigenvalue weighted by molar-refractivity contribution is 5.08. The molecule has 84 valence electrons. The molecule has 0 bridgehead atoms. The van der Waals surface area contributed by atoms with E-state index in [9.17, 15) is 0 Å². The Morgan fingerprint density at radius 2 is 1.80 bits per heavy atom. The fraction of sp³-hybridized carbons (Fsp3) is 0.750. The standard InChI is InChI=1S/C12H21N3/c1-11(2)7-9(8-12(3,4)15-11)10-13-5-6-14-10/h5-6,9,15H,7-8H2,1-4H3,(H,13,14). The van der Waals surface area contributed by atoms with Crippen molar-refractivity contribution >= 4 is 0 Å². The molecule has 15 heavy (non-hydrogen) atoms. The maximum atomic E-state index is 4.39. The number of aromatic amines is 1. The second-order valence-electron chi connectivity index (χ2n) is 5.97. The van der Waals surface area contributed by atoms with Gasteiger partial charge in [0.25, 0.3) is 0 Å². The number of H-pyrrole nitrogens is 1. The molecule has 1 aromatic heterocycles. The lowest BCUT2D eigenvalue weighted by molar-refractivity contribution is 0.158. The second-order valence-corrected chi connectivity index (χ2v) is 5.97. The molecule has 1 aliphatic rings. The topological polar surface area (TPSA) is 40.7 Å². The Hall–Kier alpha value is -0.830. The average Bonchev–Trinajstić information content (AvgIpc) is 2.48. The third-order valence-corrected chi connectivity index (χ3v) is 3.10. The zero-order chi connectivity index (χ0) is 11.1. The fourth-order valence-electron chi connectivity index (χ4n) is 3.02. The predicted octanol–water partition coefficient (Wildman–Crippen LogP) is 2.43. The predicted molar refractivity (Wildman–Crippen MR) is 61.9 cm³/mol. The highest BCUT2D eigenvalue weighted by Gasteiger charge is 2.38. The summed E-state index contributed by atoms with van der Waals surface area (Å²) in [6, 6.07) is 0. The van der Waals surface area contributed by atoms with Gasteiger partial charge in [0.1, 0.15) is 5.82 Å². The van der Waals surface area contributed by atoms with E-state index in [1.54, 1.807) is 0 Å². The molecule has 2 N–H and O–H groups in total. The first kappa shape index (κ1) is 10.7. The Bertz CT molecular complexity index is 309. The van der Waals surface area contributed by atoms with Crippen molar-refractivity contribution in [1.29, 1.82) is 0 Å². The normalized spacial score (nSPS) is 25.3. The number of nitrogens with one attached hydrogen (secondary N) is 2. The number of piperidine rings is 1. The molecule has 0 unspecified atom stereocenters. The van der Waals surface area contributed by atoms with E-state index in [0.717, 1.165) is 18.7 Å². The summed E-state index contributed by atoms with van der Waals surface area (Å²) in [4.78, 5) is 7.63. The van der Waals surface area contributed by atoms with Gasteiger partial charge in [-0.25, -0.2) is 4.98 Å². The maximum absolute atomic E-state index is 4.39. The third kappa shape index (κ3) is 2.40. The van der Waals surface area contributed by atoms with Crippen LogP contribution in [0.3, 0.4) is 0 Å². The Labute approximate surface area is 91.7 Å². The third-order valence-electron chi connectivity index (χ3n) is 3.10. The summed E-state index contributed by atoms with van der Waals surface area (Å²) in [7, 11) is 0. The van der Waals surface area contributed by atoms with Crippen LogP contribution >= 0.6 is 0 Å². The van der Waals surface area contributed by atoms with Crippen molar-refractivity contribution in [2.45, 2.75) is 57.5 Å². The van der Waals surface area contributed by atoms with E-state index in [0.29, 0.717) is 5.92 Å². The van der Waals surface area contributed by atoms with Crippen LogP contribution < -0.4 is 5.32 Å². The van der Waals surface area contributed by atoms with Crippen molar-refractivity contribution in [2.75, 3.05) is 0 Å². The summed E-state index contributed by atoms with van der Waals surface area (Å²) < 4.78 is 0. The SMILES string of the molecule is CC1(C)CC(c2ncc[nH]2)CC(C)(C)N1. The van der Waals surface area contributed by atoms with Gasteiger partial charge in [-0.3, -0.25) is 0 Å². The van der Waals surface area contributed by atoms with Crippen LogP contribution in [0.25, 0.3) is 0 Å². The lowest BCUT2D eigenvalue weighted by Crippen LogP contribution is -2.57. The molecule has 2 rings (SSSR count). The quantitative estimate of drug-likeness (QED) is 0.742. The molecule has 3 heteroatoms. The lowest BCUT2D eigenvalue weighted by Gasteiger charge is -2.46. The van der Waals surface area contributed by atoms with E-state index in [2.05, 4.69) is 43.0 Å². The number of rotatable bonds is 1. The number of hydrogen-bond donors (Lipinski definition) is 2. The van der Waals surface area contributed by atoms with Gasteiger partial charge in [-0.05, 0) is 40.5 Å². The van der Waals surface area contributed by atoms with Gasteiger partial charge in [-0.15, -0.1) is 0 Å². The average molecular weight is 207 g/mol. The summed E-state index contributed by atoms with van der Waals surface area (Å²) in [6.07, 6.45) is 6.04. The fourth-order valence-corrected chi connectivity index (χ4v) is 3.02. The largest absolute Gasteiger partial charge is 0.348 e. The van der Waals surface area contributed by atoms with Gasteiger partial charge < -0.3 is 10.3 Å².